The Balaban J connectivity index is 1.33. The van der Waals surface area contributed by atoms with E-state index < -0.39 is 0 Å². The SMILES string of the molecule is CN(c1ccc(-c2ccc(-c3cn[nH]c3)c3cn[nH]c23)nn1)C1[C@H]2CNC[C@@H]12. The summed E-state index contributed by atoms with van der Waals surface area (Å²) in [5, 5.41) is 27.8. The van der Waals surface area contributed by atoms with Crippen LogP contribution in [0.2, 0.25) is 0 Å². The maximum Gasteiger partial charge on any atom is 0.151 e. The number of benzene rings is 1. The van der Waals surface area contributed by atoms with Crippen LogP contribution in [0.1, 0.15) is 0 Å². The van der Waals surface area contributed by atoms with Gasteiger partial charge in [0.05, 0.1) is 23.6 Å². The number of aromatic nitrogens is 6. The zero-order chi connectivity index (χ0) is 18.7. The van der Waals surface area contributed by atoms with Gasteiger partial charge in [-0.25, -0.2) is 0 Å². The van der Waals surface area contributed by atoms with Gasteiger partial charge in [-0.2, -0.15) is 10.2 Å². The fourth-order valence-corrected chi connectivity index (χ4v) is 4.67. The molecule has 1 saturated carbocycles. The van der Waals surface area contributed by atoms with Crippen LogP contribution < -0.4 is 10.2 Å². The third-order valence-electron chi connectivity index (χ3n) is 6.21. The van der Waals surface area contributed by atoms with Gasteiger partial charge in [-0.3, -0.25) is 10.2 Å². The molecule has 0 amide bonds. The van der Waals surface area contributed by atoms with Crippen LogP contribution in [0.25, 0.3) is 33.3 Å². The fourth-order valence-electron chi connectivity index (χ4n) is 4.67. The second kappa shape index (κ2) is 5.87. The number of rotatable bonds is 4. The topological polar surface area (TPSA) is 98.4 Å². The van der Waals surface area contributed by atoms with Crippen molar-refractivity contribution in [3.05, 3.63) is 42.9 Å². The highest BCUT2D eigenvalue weighted by Gasteiger charge is 2.55. The molecule has 6 rings (SSSR count). The first-order chi connectivity index (χ1) is 13.8. The maximum atomic E-state index is 4.52. The van der Waals surface area contributed by atoms with Crippen molar-refractivity contribution in [2.45, 2.75) is 6.04 Å². The number of anilines is 1. The molecule has 4 aromatic rings. The lowest BCUT2D eigenvalue weighted by Gasteiger charge is -2.20. The Hall–Kier alpha value is -3.26. The molecule has 3 atom stereocenters. The molecule has 3 N–H and O–H groups in total. The van der Waals surface area contributed by atoms with Gasteiger partial charge in [0.1, 0.15) is 0 Å². The van der Waals surface area contributed by atoms with Gasteiger partial charge in [-0.15, -0.1) is 10.2 Å². The van der Waals surface area contributed by atoms with E-state index in [0.717, 1.165) is 64.0 Å². The lowest BCUT2D eigenvalue weighted by molar-refractivity contribution is 0.649. The minimum Gasteiger partial charge on any atom is -0.355 e. The first-order valence-electron chi connectivity index (χ1n) is 9.54. The van der Waals surface area contributed by atoms with Gasteiger partial charge in [-0.1, -0.05) is 6.07 Å². The molecule has 0 spiro atoms. The van der Waals surface area contributed by atoms with E-state index in [2.05, 4.69) is 66.1 Å². The minimum absolute atomic E-state index is 0.593. The van der Waals surface area contributed by atoms with Crippen molar-refractivity contribution in [1.29, 1.82) is 0 Å². The van der Waals surface area contributed by atoms with Crippen molar-refractivity contribution in [2.24, 2.45) is 11.8 Å². The third kappa shape index (κ3) is 2.27. The van der Waals surface area contributed by atoms with E-state index in [1.807, 2.05) is 24.7 Å². The average Bonchev–Trinajstić information content (AvgIpc) is 3.28. The van der Waals surface area contributed by atoms with Gasteiger partial charge < -0.3 is 10.2 Å². The van der Waals surface area contributed by atoms with Crippen molar-refractivity contribution in [2.75, 3.05) is 25.0 Å². The molecule has 2 fully saturated rings. The number of aromatic amines is 2. The van der Waals surface area contributed by atoms with Gasteiger partial charge in [0.2, 0.25) is 0 Å². The highest BCUT2D eigenvalue weighted by atomic mass is 15.3. The third-order valence-corrected chi connectivity index (χ3v) is 6.21. The largest absolute Gasteiger partial charge is 0.355 e. The molecule has 140 valence electrons. The average molecular weight is 372 g/mol. The van der Waals surface area contributed by atoms with Crippen molar-refractivity contribution in [3.8, 4) is 22.4 Å². The number of nitrogens with zero attached hydrogens (tertiary/aromatic N) is 5. The summed E-state index contributed by atoms with van der Waals surface area (Å²) in [4.78, 5) is 2.28. The van der Waals surface area contributed by atoms with Gasteiger partial charge in [0.15, 0.2) is 5.82 Å². The lowest BCUT2D eigenvalue weighted by Crippen LogP contribution is -2.30. The summed E-state index contributed by atoms with van der Waals surface area (Å²) < 4.78 is 0. The zero-order valence-corrected chi connectivity index (χ0v) is 15.4. The van der Waals surface area contributed by atoms with E-state index in [1.54, 1.807) is 0 Å². The van der Waals surface area contributed by atoms with Crippen molar-refractivity contribution < 1.29 is 0 Å². The van der Waals surface area contributed by atoms with Gasteiger partial charge in [0, 0.05) is 48.9 Å². The predicted octanol–water partition coefficient (Wildman–Crippen LogP) is 2.06. The van der Waals surface area contributed by atoms with Crippen LogP contribution in [0.3, 0.4) is 0 Å². The van der Waals surface area contributed by atoms with Crippen molar-refractivity contribution in [3.63, 3.8) is 0 Å². The van der Waals surface area contributed by atoms with E-state index in [9.17, 15) is 0 Å². The molecule has 2 aliphatic rings. The fraction of sp³-hybridized carbons (Fsp3) is 0.300. The molecule has 1 unspecified atom stereocenters. The van der Waals surface area contributed by atoms with Crippen LogP contribution in [0.5, 0.6) is 0 Å². The summed E-state index contributed by atoms with van der Waals surface area (Å²) in [6.07, 6.45) is 5.54. The van der Waals surface area contributed by atoms with Crippen molar-refractivity contribution >= 4 is 16.7 Å². The number of H-pyrrole nitrogens is 2. The van der Waals surface area contributed by atoms with Crippen LogP contribution >= 0.6 is 0 Å². The highest BCUT2D eigenvalue weighted by Crippen LogP contribution is 2.46. The smallest absolute Gasteiger partial charge is 0.151 e. The van der Waals surface area contributed by atoms with E-state index >= 15 is 0 Å². The van der Waals surface area contributed by atoms with Crippen LogP contribution in [0, 0.1) is 11.8 Å². The van der Waals surface area contributed by atoms with Gasteiger partial charge >= 0.3 is 0 Å². The molecule has 8 nitrogen and oxygen atoms in total. The molecule has 1 aliphatic heterocycles. The summed E-state index contributed by atoms with van der Waals surface area (Å²) in [5.74, 6) is 2.44. The van der Waals surface area contributed by atoms with Crippen LogP contribution in [-0.4, -0.2) is 56.8 Å². The number of hydrogen-bond donors (Lipinski definition) is 3. The Kier molecular flexibility index (Phi) is 3.30. The van der Waals surface area contributed by atoms with Crippen LogP contribution in [0.15, 0.2) is 42.9 Å². The predicted molar refractivity (Wildman–Crippen MR) is 107 cm³/mol. The lowest BCUT2D eigenvalue weighted by atomic mass is 10.0. The van der Waals surface area contributed by atoms with E-state index in [1.165, 1.54) is 0 Å². The van der Waals surface area contributed by atoms with Crippen molar-refractivity contribution in [1.82, 2.24) is 35.9 Å². The molecule has 3 aromatic heterocycles. The molecular formula is C20H20N8. The molecule has 0 bridgehead atoms. The number of nitrogens with one attached hydrogen (secondary N) is 3. The highest BCUT2D eigenvalue weighted by molar-refractivity contribution is 6.01. The summed E-state index contributed by atoms with van der Waals surface area (Å²) in [6, 6.07) is 8.85. The molecule has 1 saturated heterocycles. The quantitative estimate of drug-likeness (QED) is 0.507. The second-order valence-corrected chi connectivity index (χ2v) is 7.67. The summed E-state index contributed by atoms with van der Waals surface area (Å²) >= 11 is 0. The number of piperidine rings is 1. The monoisotopic (exact) mass is 372 g/mol. The van der Waals surface area contributed by atoms with Gasteiger partial charge in [-0.05, 0) is 35.6 Å². The molecule has 1 aliphatic carbocycles. The van der Waals surface area contributed by atoms with Gasteiger partial charge in [0.25, 0.3) is 0 Å². The maximum absolute atomic E-state index is 4.52. The Morgan fingerprint density at radius 3 is 2.57 bits per heavy atom. The molecule has 4 heterocycles. The van der Waals surface area contributed by atoms with E-state index in [-0.39, 0.29) is 0 Å². The first kappa shape index (κ1) is 15.8. The molecule has 0 radical (unpaired) electrons. The zero-order valence-electron chi connectivity index (χ0n) is 15.4. The minimum atomic E-state index is 0.593. The Morgan fingerprint density at radius 2 is 1.82 bits per heavy atom. The molecule has 28 heavy (non-hydrogen) atoms. The molecular weight excluding hydrogens is 352 g/mol. The molecule has 8 heteroatoms. The van der Waals surface area contributed by atoms with E-state index in [4.69, 9.17) is 0 Å². The van der Waals surface area contributed by atoms with Crippen LogP contribution in [0.4, 0.5) is 5.82 Å². The molecule has 1 aromatic carbocycles. The normalized spacial score (nSPS) is 23.1. The Morgan fingerprint density at radius 1 is 0.964 bits per heavy atom. The Bertz CT molecular complexity index is 1120. The number of hydrogen-bond acceptors (Lipinski definition) is 6. The van der Waals surface area contributed by atoms with Crippen LogP contribution in [-0.2, 0) is 0 Å². The summed E-state index contributed by atoms with van der Waals surface area (Å²) in [5.41, 5.74) is 4.90. The summed E-state index contributed by atoms with van der Waals surface area (Å²) in [6.45, 7) is 2.23. The Labute approximate surface area is 161 Å². The standard InChI is InChI=1S/C20H20N8/c1-28(20-15-8-21-9-16(15)20)18-5-4-17(25-26-18)13-3-2-12(11-6-22-23-7-11)14-10-24-27-19(13)14/h2-7,10,15-16,20-21H,8-9H2,1H3,(H,22,23)(H,24,27)/t15-,16+,20?. The number of fused-ring (bicyclic) bond motifs is 2. The van der Waals surface area contributed by atoms with E-state index in [0.29, 0.717) is 6.04 Å². The second-order valence-electron chi connectivity index (χ2n) is 7.67. The summed E-state index contributed by atoms with van der Waals surface area (Å²) in [7, 11) is 2.12. The first-order valence-corrected chi connectivity index (χ1v) is 9.54.